The van der Waals surface area contributed by atoms with Gasteiger partial charge in [-0.1, -0.05) is 19.9 Å². The number of rotatable bonds is 8. The molecule has 0 aromatic heterocycles. The highest BCUT2D eigenvalue weighted by molar-refractivity contribution is 5.50. The summed E-state index contributed by atoms with van der Waals surface area (Å²) < 4.78 is 14.1. The van der Waals surface area contributed by atoms with Crippen LogP contribution < -0.4 is 15.5 Å². The normalized spacial score (nSPS) is 15.5. The topological polar surface area (TPSA) is 30.5 Å². The zero-order chi connectivity index (χ0) is 15.8. The maximum atomic E-state index is 14.1. The lowest BCUT2D eigenvalue weighted by Crippen LogP contribution is -2.43. The summed E-state index contributed by atoms with van der Waals surface area (Å²) in [4.78, 5) is 4.52. The second kappa shape index (κ2) is 9.08. The van der Waals surface area contributed by atoms with E-state index in [0.717, 1.165) is 70.2 Å². The van der Waals surface area contributed by atoms with E-state index in [1.807, 2.05) is 12.1 Å². The molecule has 1 aromatic rings. The van der Waals surface area contributed by atoms with E-state index in [1.54, 1.807) is 6.07 Å². The Balaban J connectivity index is 1.86. The van der Waals surface area contributed by atoms with Gasteiger partial charge < -0.3 is 20.4 Å². The molecule has 0 radical (unpaired) electrons. The van der Waals surface area contributed by atoms with Gasteiger partial charge in [0, 0.05) is 45.8 Å². The molecular weight excluding hydrogens is 279 g/mol. The first-order valence-electron chi connectivity index (χ1n) is 8.41. The SMILES string of the molecule is CCN(CC)CCNCc1ccc(F)c(N2CCNCC2)c1. The second-order valence-corrected chi connectivity index (χ2v) is 5.73. The Labute approximate surface area is 133 Å². The van der Waals surface area contributed by atoms with Gasteiger partial charge in [-0.25, -0.2) is 4.39 Å². The monoisotopic (exact) mass is 308 g/mol. The smallest absolute Gasteiger partial charge is 0.146 e. The lowest BCUT2D eigenvalue weighted by atomic mass is 10.1. The number of halogens is 1. The fraction of sp³-hybridized carbons (Fsp3) is 0.647. The molecule has 124 valence electrons. The summed E-state index contributed by atoms with van der Waals surface area (Å²) in [5.74, 6) is -0.117. The highest BCUT2D eigenvalue weighted by Crippen LogP contribution is 2.21. The van der Waals surface area contributed by atoms with Crippen LogP contribution in [0.2, 0.25) is 0 Å². The molecular formula is C17H29FN4. The average molecular weight is 308 g/mol. The number of anilines is 1. The predicted octanol–water partition coefficient (Wildman–Crippen LogP) is 1.67. The molecule has 5 heteroatoms. The van der Waals surface area contributed by atoms with Crippen LogP contribution in [0.15, 0.2) is 18.2 Å². The molecule has 22 heavy (non-hydrogen) atoms. The summed E-state index contributed by atoms with van der Waals surface area (Å²) in [6, 6.07) is 5.47. The lowest BCUT2D eigenvalue weighted by Gasteiger charge is -2.30. The Kier molecular flexibility index (Phi) is 7.09. The van der Waals surface area contributed by atoms with Crippen molar-refractivity contribution in [3.8, 4) is 0 Å². The van der Waals surface area contributed by atoms with Crippen molar-refractivity contribution in [2.75, 3.05) is 57.3 Å². The van der Waals surface area contributed by atoms with Crippen LogP contribution in [0.25, 0.3) is 0 Å². The number of nitrogens with one attached hydrogen (secondary N) is 2. The van der Waals surface area contributed by atoms with Crippen molar-refractivity contribution < 1.29 is 4.39 Å². The van der Waals surface area contributed by atoms with Crippen molar-refractivity contribution in [2.24, 2.45) is 0 Å². The van der Waals surface area contributed by atoms with Crippen LogP contribution in [0.1, 0.15) is 19.4 Å². The maximum Gasteiger partial charge on any atom is 0.146 e. The molecule has 1 fully saturated rings. The van der Waals surface area contributed by atoms with Gasteiger partial charge in [0.25, 0.3) is 0 Å². The van der Waals surface area contributed by atoms with Crippen LogP contribution in [0, 0.1) is 5.82 Å². The summed E-state index contributed by atoms with van der Waals surface area (Å²) in [6.07, 6.45) is 0. The summed E-state index contributed by atoms with van der Waals surface area (Å²) in [6.45, 7) is 12.9. The minimum atomic E-state index is -0.117. The summed E-state index contributed by atoms with van der Waals surface area (Å²) in [7, 11) is 0. The van der Waals surface area contributed by atoms with E-state index in [1.165, 1.54) is 0 Å². The van der Waals surface area contributed by atoms with Gasteiger partial charge in [0.05, 0.1) is 5.69 Å². The van der Waals surface area contributed by atoms with Gasteiger partial charge in [0.15, 0.2) is 0 Å². The van der Waals surface area contributed by atoms with Crippen LogP contribution in [-0.4, -0.2) is 57.3 Å². The molecule has 0 atom stereocenters. The van der Waals surface area contributed by atoms with Crippen LogP contribution in [-0.2, 0) is 6.54 Å². The molecule has 1 aromatic carbocycles. The molecule has 4 nitrogen and oxygen atoms in total. The fourth-order valence-electron chi connectivity index (χ4n) is 2.83. The van der Waals surface area contributed by atoms with Crippen molar-refractivity contribution >= 4 is 5.69 Å². The van der Waals surface area contributed by atoms with Crippen molar-refractivity contribution in [3.63, 3.8) is 0 Å². The Bertz CT molecular complexity index is 442. The molecule has 0 aliphatic carbocycles. The Morgan fingerprint density at radius 1 is 1.23 bits per heavy atom. The third kappa shape index (κ3) is 4.93. The van der Waals surface area contributed by atoms with Gasteiger partial charge in [-0.05, 0) is 30.8 Å². The molecule has 1 saturated heterocycles. The highest BCUT2D eigenvalue weighted by atomic mass is 19.1. The van der Waals surface area contributed by atoms with Gasteiger partial charge >= 0.3 is 0 Å². The lowest BCUT2D eigenvalue weighted by molar-refractivity contribution is 0.302. The average Bonchev–Trinajstić information content (AvgIpc) is 2.57. The largest absolute Gasteiger partial charge is 0.367 e. The minimum Gasteiger partial charge on any atom is -0.367 e. The molecule has 1 heterocycles. The van der Waals surface area contributed by atoms with Gasteiger partial charge in [0.1, 0.15) is 5.82 Å². The first-order valence-corrected chi connectivity index (χ1v) is 8.41. The number of piperazine rings is 1. The van der Waals surface area contributed by atoms with Gasteiger partial charge in [-0.3, -0.25) is 0 Å². The zero-order valence-corrected chi connectivity index (χ0v) is 13.9. The van der Waals surface area contributed by atoms with Crippen LogP contribution in [0.5, 0.6) is 0 Å². The summed E-state index contributed by atoms with van der Waals surface area (Å²) in [5, 5.41) is 6.76. The molecule has 2 N–H and O–H groups in total. The molecule has 0 amide bonds. The van der Waals surface area contributed by atoms with E-state index in [9.17, 15) is 4.39 Å². The van der Waals surface area contributed by atoms with Crippen LogP contribution >= 0.6 is 0 Å². The van der Waals surface area contributed by atoms with E-state index in [0.29, 0.717) is 0 Å². The molecule has 2 rings (SSSR count). The molecule has 1 aliphatic rings. The third-order valence-corrected chi connectivity index (χ3v) is 4.30. The summed E-state index contributed by atoms with van der Waals surface area (Å²) >= 11 is 0. The number of benzene rings is 1. The van der Waals surface area contributed by atoms with E-state index in [4.69, 9.17) is 0 Å². The molecule has 0 saturated carbocycles. The van der Waals surface area contributed by atoms with Crippen molar-refractivity contribution in [3.05, 3.63) is 29.6 Å². The van der Waals surface area contributed by atoms with Crippen LogP contribution in [0.4, 0.5) is 10.1 Å². The van der Waals surface area contributed by atoms with Gasteiger partial charge in [-0.2, -0.15) is 0 Å². The van der Waals surface area contributed by atoms with Crippen LogP contribution in [0.3, 0.4) is 0 Å². The van der Waals surface area contributed by atoms with Gasteiger partial charge in [0.2, 0.25) is 0 Å². The number of hydrogen-bond acceptors (Lipinski definition) is 4. The fourth-order valence-corrected chi connectivity index (χ4v) is 2.83. The first kappa shape index (κ1) is 17.2. The highest BCUT2D eigenvalue weighted by Gasteiger charge is 2.14. The van der Waals surface area contributed by atoms with E-state index >= 15 is 0 Å². The summed E-state index contributed by atoms with van der Waals surface area (Å²) in [5.41, 5.74) is 1.89. The van der Waals surface area contributed by atoms with Gasteiger partial charge in [-0.15, -0.1) is 0 Å². The zero-order valence-electron chi connectivity index (χ0n) is 13.9. The van der Waals surface area contributed by atoms with Crippen molar-refractivity contribution in [2.45, 2.75) is 20.4 Å². The number of nitrogens with zero attached hydrogens (tertiary/aromatic N) is 2. The minimum absolute atomic E-state index is 0.117. The first-order chi connectivity index (χ1) is 10.7. The number of hydrogen-bond donors (Lipinski definition) is 2. The Morgan fingerprint density at radius 3 is 2.64 bits per heavy atom. The Morgan fingerprint density at radius 2 is 1.95 bits per heavy atom. The number of likely N-dealkylation sites (N-methyl/N-ethyl adjacent to an activating group) is 1. The molecule has 0 unspecified atom stereocenters. The Hall–Kier alpha value is -1.17. The molecule has 0 bridgehead atoms. The maximum absolute atomic E-state index is 14.1. The second-order valence-electron chi connectivity index (χ2n) is 5.73. The van der Waals surface area contributed by atoms with Crippen molar-refractivity contribution in [1.29, 1.82) is 0 Å². The standard InChI is InChI=1S/C17H29FN4/c1-3-21(4-2)10-7-20-14-15-5-6-16(18)17(13-15)22-11-8-19-9-12-22/h5-6,13,19-20H,3-4,7-12,14H2,1-2H3. The van der Waals surface area contributed by atoms with E-state index < -0.39 is 0 Å². The third-order valence-electron chi connectivity index (χ3n) is 4.30. The van der Waals surface area contributed by atoms with E-state index in [-0.39, 0.29) is 5.82 Å². The van der Waals surface area contributed by atoms with E-state index in [2.05, 4.69) is 34.3 Å². The quantitative estimate of drug-likeness (QED) is 0.715. The predicted molar refractivity (Wildman–Crippen MR) is 91.0 cm³/mol. The van der Waals surface area contributed by atoms with Crippen molar-refractivity contribution in [1.82, 2.24) is 15.5 Å². The molecule has 0 spiro atoms. The molecule has 1 aliphatic heterocycles.